The maximum absolute atomic E-state index is 4.97. The summed E-state index contributed by atoms with van der Waals surface area (Å²) in [5, 5.41) is 0. The van der Waals surface area contributed by atoms with Crippen molar-refractivity contribution in [2.45, 2.75) is 48.5 Å². The van der Waals surface area contributed by atoms with Gasteiger partial charge in [0.2, 0.25) is 0 Å². The minimum atomic E-state index is 0.657. The molecule has 218 valence electrons. The molecular weight excluding hydrogens is 522 g/mol. The largest absolute Gasteiger partial charge is 0.208 e. The van der Waals surface area contributed by atoms with Crippen molar-refractivity contribution in [1.82, 2.24) is 15.0 Å². The number of nitrogens with zero attached hydrogens (tertiary/aromatic N) is 3. The Morgan fingerprint density at radius 1 is 0.302 bits per heavy atom. The molecule has 0 aliphatic heterocycles. The first-order valence-electron chi connectivity index (χ1n) is 15.4. The van der Waals surface area contributed by atoms with Gasteiger partial charge in [-0.05, 0) is 47.4 Å². The summed E-state index contributed by atoms with van der Waals surface area (Å²) in [6.45, 7) is 14.1. The highest BCUT2D eigenvalue weighted by Crippen LogP contribution is 2.30. The first-order valence-corrected chi connectivity index (χ1v) is 15.4. The van der Waals surface area contributed by atoms with Crippen LogP contribution in [0.5, 0.6) is 0 Å². The quantitative estimate of drug-likeness (QED) is 0.209. The third-order valence-electron chi connectivity index (χ3n) is 6.37. The third-order valence-corrected chi connectivity index (χ3v) is 6.37. The van der Waals surface area contributed by atoms with E-state index in [1.807, 2.05) is 59.7 Å². The molecule has 3 heteroatoms. The Morgan fingerprint density at radius 3 is 0.977 bits per heavy atom. The van der Waals surface area contributed by atoms with Gasteiger partial charge in [0.1, 0.15) is 0 Å². The van der Waals surface area contributed by atoms with Crippen molar-refractivity contribution in [3.05, 3.63) is 139 Å². The second-order valence-electron chi connectivity index (χ2n) is 9.07. The molecule has 0 saturated carbocycles. The minimum absolute atomic E-state index is 0.657. The molecule has 0 bridgehead atoms. The Kier molecular flexibility index (Phi) is 13.0. The number of aryl methyl sites for hydroxylation is 1. The first-order chi connectivity index (χ1) is 21.2. The molecule has 1 aromatic heterocycles. The van der Waals surface area contributed by atoms with Crippen molar-refractivity contribution in [2.75, 3.05) is 0 Å². The zero-order chi connectivity index (χ0) is 31.0. The summed E-state index contributed by atoms with van der Waals surface area (Å²) in [6, 6.07) is 45.8. The Hall–Kier alpha value is -4.89. The van der Waals surface area contributed by atoms with E-state index in [4.69, 9.17) is 15.0 Å². The Labute approximate surface area is 258 Å². The fraction of sp³-hybridized carbons (Fsp3) is 0.175. The monoisotopic (exact) mass is 565 g/mol. The fourth-order valence-corrected chi connectivity index (χ4v) is 4.48. The van der Waals surface area contributed by atoms with Crippen molar-refractivity contribution in [2.24, 2.45) is 0 Å². The lowest BCUT2D eigenvalue weighted by molar-refractivity contribution is 1.07. The molecule has 6 rings (SSSR count). The topological polar surface area (TPSA) is 38.7 Å². The van der Waals surface area contributed by atoms with Gasteiger partial charge in [-0.3, -0.25) is 0 Å². The average molecular weight is 566 g/mol. The summed E-state index contributed by atoms with van der Waals surface area (Å²) in [4.78, 5) is 14.8. The molecule has 0 fully saturated rings. The lowest BCUT2D eigenvalue weighted by Crippen LogP contribution is -2.00. The van der Waals surface area contributed by atoms with Crippen LogP contribution >= 0.6 is 0 Å². The van der Waals surface area contributed by atoms with Gasteiger partial charge in [-0.15, -0.1) is 0 Å². The van der Waals surface area contributed by atoms with Crippen LogP contribution in [0.2, 0.25) is 0 Å². The van der Waals surface area contributed by atoms with Gasteiger partial charge in [0.25, 0.3) is 0 Å². The predicted molar refractivity (Wildman–Crippen MR) is 186 cm³/mol. The summed E-state index contributed by atoms with van der Waals surface area (Å²) >= 11 is 0. The van der Waals surface area contributed by atoms with Gasteiger partial charge in [0.15, 0.2) is 17.5 Å². The number of rotatable bonds is 5. The molecule has 0 aliphatic rings. The van der Waals surface area contributed by atoms with Crippen LogP contribution in [0.25, 0.3) is 56.4 Å². The smallest absolute Gasteiger partial charge is 0.164 e. The van der Waals surface area contributed by atoms with Crippen LogP contribution in [0.4, 0.5) is 0 Å². The summed E-state index contributed by atoms with van der Waals surface area (Å²) in [5.74, 6) is 1.98. The molecule has 0 unspecified atom stereocenters. The van der Waals surface area contributed by atoms with Gasteiger partial charge >= 0.3 is 0 Å². The van der Waals surface area contributed by atoms with E-state index in [1.165, 1.54) is 0 Å². The second-order valence-corrected chi connectivity index (χ2v) is 9.07. The highest BCUT2D eigenvalue weighted by Gasteiger charge is 2.14. The fourth-order valence-electron chi connectivity index (χ4n) is 4.48. The average Bonchev–Trinajstić information content (AvgIpc) is 3.11. The minimum Gasteiger partial charge on any atom is -0.208 e. The van der Waals surface area contributed by atoms with Gasteiger partial charge < -0.3 is 0 Å². The number of hydrogen-bond acceptors (Lipinski definition) is 3. The van der Waals surface area contributed by atoms with Crippen LogP contribution in [0, 0.1) is 6.92 Å². The van der Waals surface area contributed by atoms with Crippen LogP contribution in [0.15, 0.2) is 133 Å². The van der Waals surface area contributed by atoms with E-state index in [0.717, 1.165) is 44.5 Å². The van der Waals surface area contributed by atoms with Crippen LogP contribution in [0.3, 0.4) is 0 Å². The maximum atomic E-state index is 4.97. The van der Waals surface area contributed by atoms with Gasteiger partial charge in [0, 0.05) is 16.7 Å². The summed E-state index contributed by atoms with van der Waals surface area (Å²) in [7, 11) is 0. The zero-order valence-corrected chi connectivity index (χ0v) is 26.5. The molecule has 0 saturated heterocycles. The lowest BCUT2D eigenvalue weighted by atomic mass is 10.0. The van der Waals surface area contributed by atoms with E-state index in [1.54, 1.807) is 0 Å². The lowest BCUT2D eigenvalue weighted by Gasteiger charge is -2.11. The second kappa shape index (κ2) is 17.2. The standard InChI is InChI=1S/C34H25N3.3C2H6/c1-24-11-8-18-29(21-24)32-35-33(30-19-9-16-27(22-30)25-12-4-2-5-13-25)37-34(36-32)31-20-10-17-28(23-31)26-14-6-3-7-15-26;3*1-2/h2-23H,1H3;3*1-2H3. The summed E-state index contributed by atoms with van der Waals surface area (Å²) in [5.41, 5.74) is 8.63. The number of aromatic nitrogens is 3. The van der Waals surface area contributed by atoms with Gasteiger partial charge in [-0.2, -0.15) is 0 Å². The molecule has 5 aromatic carbocycles. The molecule has 0 amide bonds. The van der Waals surface area contributed by atoms with E-state index in [0.29, 0.717) is 17.5 Å². The van der Waals surface area contributed by atoms with Crippen molar-refractivity contribution in [1.29, 1.82) is 0 Å². The Balaban J connectivity index is 0.000000796. The van der Waals surface area contributed by atoms with Crippen molar-refractivity contribution in [3.63, 3.8) is 0 Å². The van der Waals surface area contributed by atoms with Gasteiger partial charge in [-0.25, -0.2) is 15.0 Å². The summed E-state index contributed by atoms with van der Waals surface area (Å²) in [6.07, 6.45) is 0. The van der Waals surface area contributed by atoms with E-state index < -0.39 is 0 Å². The zero-order valence-electron chi connectivity index (χ0n) is 26.5. The third kappa shape index (κ3) is 8.56. The van der Waals surface area contributed by atoms with E-state index in [2.05, 4.69) is 122 Å². The molecule has 6 aromatic rings. The highest BCUT2D eigenvalue weighted by molar-refractivity contribution is 5.74. The molecule has 0 radical (unpaired) electrons. The molecule has 43 heavy (non-hydrogen) atoms. The van der Waals surface area contributed by atoms with E-state index in [9.17, 15) is 0 Å². The maximum Gasteiger partial charge on any atom is 0.164 e. The SMILES string of the molecule is CC.CC.CC.Cc1cccc(-c2nc(-c3cccc(-c4ccccc4)c3)nc(-c3cccc(-c4ccccc4)c3)n2)c1. The normalized spacial score (nSPS) is 9.74. The molecule has 0 N–H and O–H groups in total. The summed E-state index contributed by atoms with van der Waals surface area (Å²) < 4.78 is 0. The molecule has 0 atom stereocenters. The van der Waals surface area contributed by atoms with Crippen molar-refractivity contribution < 1.29 is 0 Å². The highest BCUT2D eigenvalue weighted by atomic mass is 15.0. The van der Waals surface area contributed by atoms with E-state index >= 15 is 0 Å². The van der Waals surface area contributed by atoms with Crippen LogP contribution in [0.1, 0.15) is 47.1 Å². The molecule has 1 heterocycles. The van der Waals surface area contributed by atoms with Gasteiger partial charge in [-0.1, -0.05) is 162 Å². The van der Waals surface area contributed by atoms with Gasteiger partial charge in [0.05, 0.1) is 0 Å². The van der Waals surface area contributed by atoms with Crippen LogP contribution in [-0.4, -0.2) is 15.0 Å². The molecule has 0 spiro atoms. The Morgan fingerprint density at radius 2 is 0.605 bits per heavy atom. The molecular formula is C40H43N3. The predicted octanol–water partition coefficient (Wildman–Crippen LogP) is 11.6. The van der Waals surface area contributed by atoms with Crippen molar-refractivity contribution in [3.8, 4) is 56.4 Å². The molecule has 0 aliphatic carbocycles. The Bertz CT molecular complexity index is 1570. The number of hydrogen-bond donors (Lipinski definition) is 0. The van der Waals surface area contributed by atoms with E-state index in [-0.39, 0.29) is 0 Å². The number of benzene rings is 5. The van der Waals surface area contributed by atoms with Crippen LogP contribution < -0.4 is 0 Å². The van der Waals surface area contributed by atoms with Crippen LogP contribution in [-0.2, 0) is 0 Å². The van der Waals surface area contributed by atoms with Crippen molar-refractivity contribution >= 4 is 0 Å². The first kappa shape index (κ1) is 32.6. The molecule has 3 nitrogen and oxygen atoms in total.